The molecule has 0 spiro atoms. The summed E-state index contributed by atoms with van der Waals surface area (Å²) in [6, 6.07) is 7.26. The smallest absolute Gasteiger partial charge is 0.162 e. The van der Waals surface area contributed by atoms with E-state index in [0.717, 1.165) is 11.3 Å². The summed E-state index contributed by atoms with van der Waals surface area (Å²) in [5.41, 5.74) is 0.779. The van der Waals surface area contributed by atoms with Crippen LogP contribution in [0.25, 0.3) is 0 Å². The maximum absolute atomic E-state index is 11.4. The molecule has 3 nitrogen and oxygen atoms in total. The van der Waals surface area contributed by atoms with Crippen LogP contribution in [-0.2, 0) is 0 Å². The van der Waals surface area contributed by atoms with Crippen LogP contribution in [0.2, 0.25) is 0 Å². The van der Waals surface area contributed by atoms with Crippen molar-refractivity contribution in [1.29, 1.82) is 0 Å². The molecular weight excluding hydrogens is 250 g/mol. The molecule has 0 saturated carbocycles. The summed E-state index contributed by atoms with van der Waals surface area (Å²) >= 11 is 0. The van der Waals surface area contributed by atoms with Gasteiger partial charge < -0.3 is 4.74 Å². The van der Waals surface area contributed by atoms with Crippen molar-refractivity contribution in [2.24, 2.45) is 0 Å². The Kier molecular flexibility index (Phi) is 6.96. The van der Waals surface area contributed by atoms with Gasteiger partial charge in [0.25, 0.3) is 0 Å². The maximum atomic E-state index is 11.4. The molecule has 4 heteroatoms. The molecule has 0 bridgehead atoms. The maximum Gasteiger partial charge on any atom is 0.162 e. The van der Waals surface area contributed by atoms with Gasteiger partial charge in [-0.15, -0.1) is 12.4 Å². The molecule has 0 unspecified atom stereocenters. The number of carbonyl (C=O) groups is 1. The van der Waals surface area contributed by atoms with Crippen molar-refractivity contribution < 1.29 is 9.53 Å². The van der Waals surface area contributed by atoms with Crippen molar-refractivity contribution in [2.75, 3.05) is 6.73 Å². The number of ketones is 1. The molecule has 0 saturated heterocycles. The van der Waals surface area contributed by atoms with E-state index in [2.05, 4.69) is 26.1 Å². The van der Waals surface area contributed by atoms with Gasteiger partial charge in [0.15, 0.2) is 5.78 Å². The van der Waals surface area contributed by atoms with Gasteiger partial charge in [0.1, 0.15) is 12.5 Å². The second-order valence-corrected chi connectivity index (χ2v) is 5.02. The quantitative estimate of drug-likeness (QED) is 0.659. The van der Waals surface area contributed by atoms with Crippen molar-refractivity contribution in [3.8, 4) is 5.75 Å². The highest BCUT2D eigenvalue weighted by Gasteiger charge is 2.08. The van der Waals surface area contributed by atoms with Crippen molar-refractivity contribution in [3.63, 3.8) is 0 Å². The zero-order chi connectivity index (χ0) is 12.9. The SMILES string of the molecule is CCC(=O)c1ccc(OCNC(C)(C)C)cc1.Cl. The molecule has 102 valence electrons. The summed E-state index contributed by atoms with van der Waals surface area (Å²) < 4.78 is 5.53. The van der Waals surface area contributed by atoms with Crippen LogP contribution >= 0.6 is 12.4 Å². The lowest BCUT2D eigenvalue weighted by molar-refractivity contribution is 0.0988. The first-order valence-corrected chi connectivity index (χ1v) is 5.93. The molecule has 0 aliphatic carbocycles. The number of Topliss-reactive ketones (excluding diaryl/α,β-unsaturated/α-hetero) is 1. The molecule has 18 heavy (non-hydrogen) atoms. The Morgan fingerprint density at radius 1 is 1.22 bits per heavy atom. The van der Waals surface area contributed by atoms with Crippen molar-refractivity contribution >= 4 is 18.2 Å². The molecule has 0 aliphatic heterocycles. The number of benzene rings is 1. The van der Waals surface area contributed by atoms with E-state index in [1.165, 1.54) is 0 Å². The van der Waals surface area contributed by atoms with Gasteiger partial charge in [0.2, 0.25) is 0 Å². The van der Waals surface area contributed by atoms with Crippen molar-refractivity contribution in [3.05, 3.63) is 29.8 Å². The summed E-state index contributed by atoms with van der Waals surface area (Å²) in [7, 11) is 0. The van der Waals surface area contributed by atoms with Gasteiger partial charge in [0, 0.05) is 17.5 Å². The second kappa shape index (κ2) is 7.39. The third kappa shape index (κ3) is 6.03. The lowest BCUT2D eigenvalue weighted by atomic mass is 10.1. The lowest BCUT2D eigenvalue weighted by Crippen LogP contribution is -2.38. The standard InChI is InChI=1S/C14H21NO2.ClH/c1-5-13(16)11-6-8-12(9-7-11)17-10-15-14(2,3)4;/h6-9,15H,5,10H2,1-4H3;1H. The summed E-state index contributed by atoms with van der Waals surface area (Å²) in [6.45, 7) is 8.57. The third-order valence-electron chi connectivity index (χ3n) is 2.34. The average Bonchev–Trinajstić information content (AvgIpc) is 2.27. The first-order chi connectivity index (χ1) is 7.92. The minimum Gasteiger partial charge on any atom is -0.478 e. The van der Waals surface area contributed by atoms with E-state index in [-0.39, 0.29) is 23.7 Å². The van der Waals surface area contributed by atoms with Gasteiger partial charge in [-0.3, -0.25) is 10.1 Å². The Morgan fingerprint density at radius 3 is 2.22 bits per heavy atom. The van der Waals surface area contributed by atoms with E-state index in [0.29, 0.717) is 13.2 Å². The molecule has 0 amide bonds. The predicted octanol–water partition coefficient (Wildman–Crippen LogP) is 3.43. The summed E-state index contributed by atoms with van der Waals surface area (Å²) in [4.78, 5) is 11.4. The van der Waals surface area contributed by atoms with Crippen LogP contribution in [0.15, 0.2) is 24.3 Å². The average molecular weight is 272 g/mol. The topological polar surface area (TPSA) is 38.3 Å². The van der Waals surface area contributed by atoms with Gasteiger partial charge in [0.05, 0.1) is 0 Å². The largest absolute Gasteiger partial charge is 0.478 e. The Labute approximate surface area is 115 Å². The van der Waals surface area contributed by atoms with Gasteiger partial charge in [-0.1, -0.05) is 6.92 Å². The van der Waals surface area contributed by atoms with Gasteiger partial charge >= 0.3 is 0 Å². The van der Waals surface area contributed by atoms with Crippen LogP contribution < -0.4 is 10.1 Å². The minimum absolute atomic E-state index is 0. The number of carbonyl (C=O) groups excluding carboxylic acids is 1. The zero-order valence-electron chi connectivity index (χ0n) is 11.4. The third-order valence-corrected chi connectivity index (χ3v) is 2.34. The molecule has 1 aromatic rings. The fourth-order valence-electron chi connectivity index (χ4n) is 1.28. The fourth-order valence-corrected chi connectivity index (χ4v) is 1.28. The highest BCUT2D eigenvalue weighted by molar-refractivity contribution is 5.95. The highest BCUT2D eigenvalue weighted by atomic mass is 35.5. The molecular formula is C14H22ClNO2. The molecule has 0 radical (unpaired) electrons. The zero-order valence-corrected chi connectivity index (χ0v) is 12.3. The number of nitrogens with one attached hydrogen (secondary N) is 1. The van der Waals surface area contributed by atoms with Crippen LogP contribution in [-0.4, -0.2) is 18.1 Å². The predicted molar refractivity (Wildman–Crippen MR) is 76.7 cm³/mol. The second-order valence-electron chi connectivity index (χ2n) is 5.02. The molecule has 0 heterocycles. The number of hydrogen-bond donors (Lipinski definition) is 1. The first-order valence-electron chi connectivity index (χ1n) is 5.93. The Balaban J connectivity index is 0.00000289. The Hall–Kier alpha value is -1.06. The number of halogens is 1. The summed E-state index contributed by atoms with van der Waals surface area (Å²) in [5, 5.41) is 3.23. The molecule has 0 fully saturated rings. The molecule has 0 atom stereocenters. The molecule has 0 aliphatic rings. The summed E-state index contributed by atoms with van der Waals surface area (Å²) in [6.07, 6.45) is 0.534. The van der Waals surface area contributed by atoms with Gasteiger partial charge in [-0.25, -0.2) is 0 Å². The van der Waals surface area contributed by atoms with E-state index >= 15 is 0 Å². The van der Waals surface area contributed by atoms with Crippen LogP contribution in [0.3, 0.4) is 0 Å². The van der Waals surface area contributed by atoms with Crippen LogP contribution in [0.4, 0.5) is 0 Å². The van der Waals surface area contributed by atoms with E-state index in [1.807, 2.05) is 19.1 Å². The van der Waals surface area contributed by atoms with E-state index in [9.17, 15) is 4.79 Å². The summed E-state index contributed by atoms with van der Waals surface area (Å²) in [5.74, 6) is 0.929. The van der Waals surface area contributed by atoms with Crippen molar-refractivity contribution in [1.82, 2.24) is 5.32 Å². The molecule has 1 aromatic carbocycles. The molecule has 1 N–H and O–H groups in total. The Bertz CT molecular complexity index is 368. The number of rotatable bonds is 5. The number of ether oxygens (including phenoxy) is 1. The van der Waals surface area contributed by atoms with E-state index in [4.69, 9.17) is 4.74 Å². The van der Waals surface area contributed by atoms with Gasteiger partial charge in [-0.2, -0.15) is 0 Å². The van der Waals surface area contributed by atoms with E-state index in [1.54, 1.807) is 12.1 Å². The lowest BCUT2D eigenvalue weighted by Gasteiger charge is -2.20. The monoisotopic (exact) mass is 271 g/mol. The highest BCUT2D eigenvalue weighted by Crippen LogP contribution is 2.13. The first kappa shape index (κ1) is 16.9. The van der Waals surface area contributed by atoms with Crippen molar-refractivity contribution in [2.45, 2.75) is 39.7 Å². The molecule has 1 rings (SSSR count). The normalized spacial score (nSPS) is 10.7. The number of hydrogen-bond acceptors (Lipinski definition) is 3. The van der Waals surface area contributed by atoms with Crippen LogP contribution in [0.5, 0.6) is 5.75 Å². The van der Waals surface area contributed by atoms with Crippen LogP contribution in [0.1, 0.15) is 44.5 Å². The minimum atomic E-state index is 0. The van der Waals surface area contributed by atoms with E-state index < -0.39 is 0 Å². The molecule has 0 aromatic heterocycles. The van der Waals surface area contributed by atoms with Gasteiger partial charge in [-0.05, 0) is 45.0 Å². The Morgan fingerprint density at radius 2 is 1.78 bits per heavy atom. The fraction of sp³-hybridized carbons (Fsp3) is 0.500. The van der Waals surface area contributed by atoms with Crippen LogP contribution in [0, 0.1) is 0 Å².